The van der Waals surface area contributed by atoms with Crippen LogP contribution in [0.1, 0.15) is 36.5 Å². The van der Waals surface area contributed by atoms with Gasteiger partial charge in [0.1, 0.15) is 11.6 Å². The second-order valence-electron chi connectivity index (χ2n) is 5.15. The monoisotopic (exact) mass is 281 g/mol. The second kappa shape index (κ2) is 6.22. The Morgan fingerprint density at radius 1 is 1.50 bits per heavy atom. The van der Waals surface area contributed by atoms with Crippen molar-refractivity contribution in [3.8, 4) is 5.75 Å². The van der Waals surface area contributed by atoms with Crippen LogP contribution in [0.4, 0.5) is 4.39 Å². The van der Waals surface area contributed by atoms with Gasteiger partial charge in [-0.15, -0.1) is 0 Å². The van der Waals surface area contributed by atoms with E-state index < -0.39 is 11.9 Å². The molecule has 1 heterocycles. The van der Waals surface area contributed by atoms with Crippen molar-refractivity contribution in [2.45, 2.75) is 38.3 Å². The minimum atomic E-state index is -0.611. The number of amides is 1. The molecule has 4 nitrogen and oxygen atoms in total. The maximum Gasteiger partial charge on any atom is 0.257 e. The number of aliphatic hydroxyl groups excluding tert-OH is 1. The van der Waals surface area contributed by atoms with Crippen molar-refractivity contribution in [3.63, 3.8) is 0 Å². The smallest absolute Gasteiger partial charge is 0.257 e. The lowest BCUT2D eigenvalue weighted by Gasteiger charge is -2.37. The summed E-state index contributed by atoms with van der Waals surface area (Å²) in [7, 11) is 1.45. The second-order valence-corrected chi connectivity index (χ2v) is 5.15. The van der Waals surface area contributed by atoms with Crippen LogP contribution in [0.2, 0.25) is 0 Å². The molecule has 1 aliphatic heterocycles. The number of hydrogen-bond acceptors (Lipinski definition) is 3. The Bertz CT molecular complexity index is 490. The largest absolute Gasteiger partial charge is 0.497 e. The van der Waals surface area contributed by atoms with Crippen molar-refractivity contribution < 1.29 is 19.0 Å². The Hall–Kier alpha value is -1.62. The number of nitrogens with zero attached hydrogens (tertiary/aromatic N) is 1. The van der Waals surface area contributed by atoms with Crippen molar-refractivity contribution in [1.29, 1.82) is 0 Å². The number of halogens is 1. The fraction of sp³-hybridized carbons (Fsp3) is 0.533. The van der Waals surface area contributed by atoms with E-state index in [1.807, 2.05) is 0 Å². The molecule has 1 fully saturated rings. The third-order valence-electron chi connectivity index (χ3n) is 3.77. The van der Waals surface area contributed by atoms with Crippen LogP contribution in [-0.4, -0.2) is 41.7 Å². The summed E-state index contributed by atoms with van der Waals surface area (Å²) < 4.78 is 18.9. The Morgan fingerprint density at radius 2 is 2.25 bits per heavy atom. The molecule has 1 amide bonds. The van der Waals surface area contributed by atoms with Gasteiger partial charge in [0, 0.05) is 12.6 Å². The number of rotatable bonds is 3. The van der Waals surface area contributed by atoms with E-state index in [1.165, 1.54) is 19.2 Å². The standard InChI is InChI=1S/C15H20FNO3/c1-10(18)14-5-3-4-8-17(14)15(19)12-7-6-11(20-2)9-13(12)16/h6-7,9-10,14,18H,3-5,8H2,1-2H3/t10-,14-/m1/s1. The highest BCUT2D eigenvalue weighted by molar-refractivity contribution is 5.95. The van der Waals surface area contributed by atoms with Crippen LogP contribution in [0, 0.1) is 5.82 Å². The summed E-state index contributed by atoms with van der Waals surface area (Å²) in [5.74, 6) is -0.579. The molecular formula is C15H20FNO3. The molecule has 0 radical (unpaired) electrons. The van der Waals surface area contributed by atoms with Crippen LogP contribution in [0.15, 0.2) is 18.2 Å². The van der Waals surface area contributed by atoms with E-state index in [9.17, 15) is 14.3 Å². The molecule has 2 rings (SSSR count). The lowest BCUT2D eigenvalue weighted by Crippen LogP contribution is -2.49. The van der Waals surface area contributed by atoms with Gasteiger partial charge >= 0.3 is 0 Å². The lowest BCUT2D eigenvalue weighted by molar-refractivity contribution is 0.0277. The first-order valence-corrected chi connectivity index (χ1v) is 6.87. The third-order valence-corrected chi connectivity index (χ3v) is 3.77. The van der Waals surface area contributed by atoms with Gasteiger partial charge < -0.3 is 14.7 Å². The number of piperidine rings is 1. The summed E-state index contributed by atoms with van der Waals surface area (Å²) in [4.78, 5) is 14.1. The van der Waals surface area contributed by atoms with E-state index >= 15 is 0 Å². The molecule has 0 saturated carbocycles. The first-order chi connectivity index (χ1) is 9.54. The molecule has 1 saturated heterocycles. The minimum absolute atomic E-state index is 0.0263. The zero-order valence-electron chi connectivity index (χ0n) is 11.8. The van der Waals surface area contributed by atoms with Gasteiger partial charge in [-0.2, -0.15) is 0 Å². The third kappa shape index (κ3) is 2.93. The van der Waals surface area contributed by atoms with Crippen LogP contribution in [0.5, 0.6) is 5.75 Å². The quantitative estimate of drug-likeness (QED) is 0.924. The van der Waals surface area contributed by atoms with Gasteiger partial charge in [0.05, 0.1) is 24.8 Å². The summed E-state index contributed by atoms with van der Waals surface area (Å²) >= 11 is 0. The van der Waals surface area contributed by atoms with Crippen molar-refractivity contribution in [2.75, 3.05) is 13.7 Å². The molecule has 0 spiro atoms. The van der Waals surface area contributed by atoms with Gasteiger partial charge in [0.15, 0.2) is 0 Å². The van der Waals surface area contributed by atoms with Crippen molar-refractivity contribution >= 4 is 5.91 Å². The summed E-state index contributed by atoms with van der Waals surface area (Å²) in [5, 5.41) is 9.79. The first kappa shape index (κ1) is 14.8. The van der Waals surface area contributed by atoms with Crippen LogP contribution < -0.4 is 4.74 Å². The van der Waals surface area contributed by atoms with Crippen LogP contribution >= 0.6 is 0 Å². The molecule has 1 aromatic carbocycles. The fourth-order valence-electron chi connectivity index (χ4n) is 2.66. The Balaban J connectivity index is 2.25. The van der Waals surface area contributed by atoms with E-state index in [-0.39, 0.29) is 17.5 Å². The Morgan fingerprint density at radius 3 is 2.85 bits per heavy atom. The molecular weight excluding hydrogens is 261 g/mol. The number of methoxy groups -OCH3 is 1. The zero-order valence-corrected chi connectivity index (χ0v) is 11.8. The van der Waals surface area contributed by atoms with E-state index in [1.54, 1.807) is 17.9 Å². The SMILES string of the molecule is COc1ccc(C(=O)N2CCCC[C@@H]2[C@@H](C)O)c(F)c1. The van der Waals surface area contributed by atoms with Gasteiger partial charge in [-0.3, -0.25) is 4.79 Å². The molecule has 0 aliphatic carbocycles. The minimum Gasteiger partial charge on any atom is -0.497 e. The maximum atomic E-state index is 14.0. The molecule has 5 heteroatoms. The molecule has 1 N–H and O–H groups in total. The topological polar surface area (TPSA) is 49.8 Å². The number of hydrogen-bond donors (Lipinski definition) is 1. The van der Waals surface area contributed by atoms with Crippen molar-refractivity contribution in [2.24, 2.45) is 0 Å². The predicted molar refractivity (Wildman–Crippen MR) is 73.3 cm³/mol. The maximum absolute atomic E-state index is 14.0. The van der Waals surface area contributed by atoms with Crippen LogP contribution in [0.25, 0.3) is 0 Å². The highest BCUT2D eigenvalue weighted by Crippen LogP contribution is 2.24. The first-order valence-electron chi connectivity index (χ1n) is 6.87. The summed E-state index contributed by atoms with van der Waals surface area (Å²) in [6.07, 6.45) is 2.00. The Kier molecular flexibility index (Phi) is 4.60. The molecule has 1 aliphatic rings. The summed E-state index contributed by atoms with van der Waals surface area (Å²) in [6, 6.07) is 3.97. The van der Waals surface area contributed by atoms with Crippen molar-refractivity contribution in [3.05, 3.63) is 29.6 Å². The van der Waals surface area contributed by atoms with Crippen LogP contribution in [-0.2, 0) is 0 Å². The molecule has 0 aromatic heterocycles. The molecule has 20 heavy (non-hydrogen) atoms. The number of carbonyl (C=O) groups excluding carboxylic acids is 1. The van der Waals surface area contributed by atoms with Gasteiger partial charge in [-0.25, -0.2) is 4.39 Å². The highest BCUT2D eigenvalue weighted by atomic mass is 19.1. The van der Waals surface area contributed by atoms with Gasteiger partial charge in [0.25, 0.3) is 5.91 Å². The lowest BCUT2D eigenvalue weighted by atomic mass is 9.97. The molecule has 0 unspecified atom stereocenters. The number of aliphatic hydroxyl groups is 1. The molecule has 2 atom stereocenters. The molecule has 110 valence electrons. The molecule has 1 aromatic rings. The number of likely N-dealkylation sites (tertiary alicyclic amines) is 1. The van der Waals surface area contributed by atoms with Gasteiger partial charge in [-0.1, -0.05) is 0 Å². The number of ether oxygens (including phenoxy) is 1. The Labute approximate surface area is 118 Å². The zero-order chi connectivity index (χ0) is 14.7. The van der Waals surface area contributed by atoms with Gasteiger partial charge in [-0.05, 0) is 38.3 Å². The van der Waals surface area contributed by atoms with Crippen molar-refractivity contribution in [1.82, 2.24) is 4.90 Å². The van der Waals surface area contributed by atoms with Gasteiger partial charge in [0.2, 0.25) is 0 Å². The number of benzene rings is 1. The average molecular weight is 281 g/mol. The average Bonchev–Trinajstić information content (AvgIpc) is 2.46. The van der Waals surface area contributed by atoms with E-state index in [0.29, 0.717) is 12.3 Å². The number of carbonyl (C=O) groups is 1. The van der Waals surface area contributed by atoms with E-state index in [4.69, 9.17) is 4.74 Å². The summed E-state index contributed by atoms with van der Waals surface area (Å²) in [5.41, 5.74) is 0.0263. The molecule has 0 bridgehead atoms. The van der Waals surface area contributed by atoms with Crippen LogP contribution in [0.3, 0.4) is 0 Å². The van der Waals surface area contributed by atoms with E-state index in [0.717, 1.165) is 19.3 Å². The predicted octanol–water partition coefficient (Wildman–Crippen LogP) is 2.21. The highest BCUT2D eigenvalue weighted by Gasteiger charge is 2.31. The fourth-order valence-corrected chi connectivity index (χ4v) is 2.66. The summed E-state index contributed by atoms with van der Waals surface area (Å²) in [6.45, 7) is 2.22. The van der Waals surface area contributed by atoms with E-state index in [2.05, 4.69) is 0 Å². The normalized spacial score (nSPS) is 20.6.